The number of halogens is 1. The minimum absolute atomic E-state index is 0.164. The van der Waals surface area contributed by atoms with Gasteiger partial charge in [0.1, 0.15) is 0 Å². The van der Waals surface area contributed by atoms with Gasteiger partial charge in [-0.25, -0.2) is 4.79 Å². The van der Waals surface area contributed by atoms with Gasteiger partial charge in [-0.2, -0.15) is 0 Å². The number of hydrogen-bond donors (Lipinski definition) is 2. The number of carbonyl (C=O) groups excluding carboxylic acids is 2. The van der Waals surface area contributed by atoms with Crippen molar-refractivity contribution >= 4 is 40.1 Å². The van der Waals surface area contributed by atoms with E-state index in [-0.39, 0.29) is 12.2 Å². The lowest BCUT2D eigenvalue weighted by Crippen LogP contribution is -2.34. The van der Waals surface area contributed by atoms with Crippen molar-refractivity contribution in [3.63, 3.8) is 0 Å². The zero-order chi connectivity index (χ0) is 18.8. The molecule has 0 unspecified atom stereocenters. The van der Waals surface area contributed by atoms with Crippen molar-refractivity contribution in [3.8, 4) is 0 Å². The van der Waals surface area contributed by atoms with Gasteiger partial charge in [0.15, 0.2) is 0 Å². The number of benzene rings is 2. The average molecular weight is 373 g/mol. The molecule has 0 aliphatic heterocycles. The van der Waals surface area contributed by atoms with Gasteiger partial charge in [0.25, 0.3) is 0 Å². The van der Waals surface area contributed by atoms with E-state index in [0.717, 1.165) is 11.1 Å². The van der Waals surface area contributed by atoms with Crippen molar-refractivity contribution in [3.05, 3.63) is 63.5 Å². The standard InChI is InChI=1S/C18H17ClN4O3/c1-22-14-7-6-13(9-15(14)23(2)18(22)26)21-17(25)16(24)20-10-11-4-3-5-12(19)8-11/h3-9H,10H2,1-2H3,(H,20,24)(H,21,25). The van der Waals surface area contributed by atoms with E-state index < -0.39 is 11.8 Å². The molecule has 7 nitrogen and oxygen atoms in total. The number of carbonyl (C=O) groups is 2. The topological polar surface area (TPSA) is 85.1 Å². The predicted molar refractivity (Wildman–Crippen MR) is 100 cm³/mol. The van der Waals surface area contributed by atoms with Crippen LogP contribution in [0.15, 0.2) is 47.3 Å². The van der Waals surface area contributed by atoms with Crippen LogP contribution >= 0.6 is 11.6 Å². The van der Waals surface area contributed by atoms with Gasteiger partial charge in [0, 0.05) is 31.4 Å². The van der Waals surface area contributed by atoms with Crippen LogP contribution in [0.1, 0.15) is 5.56 Å². The summed E-state index contributed by atoms with van der Waals surface area (Å²) in [5, 5.41) is 5.63. The third-order valence-electron chi connectivity index (χ3n) is 4.08. The number of rotatable bonds is 3. The molecule has 3 rings (SSSR count). The van der Waals surface area contributed by atoms with Gasteiger partial charge >= 0.3 is 17.5 Å². The molecule has 0 saturated carbocycles. The fourth-order valence-corrected chi connectivity index (χ4v) is 2.89. The van der Waals surface area contributed by atoms with Crippen molar-refractivity contribution in [1.82, 2.24) is 14.5 Å². The second-order valence-corrected chi connectivity index (χ2v) is 6.31. The Balaban J connectivity index is 1.69. The highest BCUT2D eigenvalue weighted by Crippen LogP contribution is 2.17. The SMILES string of the molecule is Cn1c(=O)n(C)c2cc(NC(=O)C(=O)NCc3cccc(Cl)c3)ccc21. The number of aryl methyl sites for hydroxylation is 2. The molecule has 3 aromatic rings. The van der Waals surface area contributed by atoms with Crippen LogP contribution in [-0.2, 0) is 30.2 Å². The molecule has 134 valence electrons. The second kappa shape index (κ2) is 7.05. The number of aromatic nitrogens is 2. The van der Waals surface area contributed by atoms with Crippen molar-refractivity contribution in [2.45, 2.75) is 6.54 Å². The summed E-state index contributed by atoms with van der Waals surface area (Å²) in [6.45, 7) is 0.193. The number of nitrogens with one attached hydrogen (secondary N) is 2. The maximum Gasteiger partial charge on any atom is 0.328 e. The number of anilines is 1. The molecule has 8 heteroatoms. The normalized spacial score (nSPS) is 10.7. The summed E-state index contributed by atoms with van der Waals surface area (Å²) < 4.78 is 2.99. The van der Waals surface area contributed by atoms with E-state index >= 15 is 0 Å². The lowest BCUT2D eigenvalue weighted by molar-refractivity contribution is -0.136. The van der Waals surface area contributed by atoms with Crippen LogP contribution in [0.5, 0.6) is 0 Å². The largest absolute Gasteiger partial charge is 0.344 e. The molecule has 0 aliphatic carbocycles. The first-order valence-corrected chi connectivity index (χ1v) is 8.23. The summed E-state index contributed by atoms with van der Waals surface area (Å²) in [6.07, 6.45) is 0. The second-order valence-electron chi connectivity index (χ2n) is 5.87. The summed E-state index contributed by atoms with van der Waals surface area (Å²) in [6, 6.07) is 12.0. The first kappa shape index (κ1) is 17.8. The van der Waals surface area contributed by atoms with E-state index in [1.165, 1.54) is 9.13 Å². The van der Waals surface area contributed by atoms with E-state index in [4.69, 9.17) is 11.6 Å². The van der Waals surface area contributed by atoms with Crippen molar-refractivity contribution in [1.29, 1.82) is 0 Å². The Bertz CT molecular complexity index is 1070. The molecular formula is C18H17ClN4O3. The first-order chi connectivity index (χ1) is 12.4. The van der Waals surface area contributed by atoms with Gasteiger partial charge in [-0.05, 0) is 35.9 Å². The Morgan fingerprint density at radius 2 is 1.73 bits per heavy atom. The molecule has 0 fully saturated rings. The zero-order valence-corrected chi connectivity index (χ0v) is 15.0. The van der Waals surface area contributed by atoms with Gasteiger partial charge in [-0.3, -0.25) is 18.7 Å². The van der Waals surface area contributed by atoms with E-state index in [2.05, 4.69) is 10.6 Å². The highest BCUT2D eigenvalue weighted by atomic mass is 35.5. The smallest absolute Gasteiger partial charge is 0.328 e. The molecule has 0 bridgehead atoms. The van der Waals surface area contributed by atoms with E-state index in [1.807, 2.05) is 0 Å². The molecular weight excluding hydrogens is 356 g/mol. The third-order valence-corrected chi connectivity index (χ3v) is 4.31. The monoisotopic (exact) mass is 372 g/mol. The molecule has 0 atom stereocenters. The highest BCUT2D eigenvalue weighted by Gasteiger charge is 2.15. The Labute approximate surface area is 154 Å². The molecule has 1 aromatic heterocycles. The summed E-state index contributed by atoms with van der Waals surface area (Å²) in [5.74, 6) is -1.54. The maximum absolute atomic E-state index is 12.1. The lowest BCUT2D eigenvalue weighted by Gasteiger charge is -2.07. The van der Waals surface area contributed by atoms with Crippen LogP contribution in [0.3, 0.4) is 0 Å². The van der Waals surface area contributed by atoms with E-state index in [0.29, 0.717) is 16.2 Å². The van der Waals surface area contributed by atoms with Crippen LogP contribution < -0.4 is 16.3 Å². The summed E-state index contributed by atoms with van der Waals surface area (Å²) in [5.41, 5.74) is 2.46. The summed E-state index contributed by atoms with van der Waals surface area (Å²) in [7, 11) is 3.32. The van der Waals surface area contributed by atoms with Gasteiger partial charge < -0.3 is 10.6 Å². The fourth-order valence-electron chi connectivity index (χ4n) is 2.68. The predicted octanol–water partition coefficient (Wildman–Crippen LogP) is 1.79. The van der Waals surface area contributed by atoms with Gasteiger partial charge in [0.05, 0.1) is 11.0 Å². The number of fused-ring (bicyclic) bond motifs is 1. The Hall–Kier alpha value is -3.06. The molecule has 0 saturated heterocycles. The number of amides is 2. The number of imidazole rings is 1. The number of nitrogens with zero attached hydrogens (tertiary/aromatic N) is 2. The highest BCUT2D eigenvalue weighted by molar-refractivity contribution is 6.39. The van der Waals surface area contributed by atoms with Crippen molar-refractivity contribution in [2.24, 2.45) is 14.1 Å². The Kier molecular flexibility index (Phi) is 4.81. The van der Waals surface area contributed by atoms with Crippen LogP contribution in [0.2, 0.25) is 5.02 Å². The molecule has 26 heavy (non-hydrogen) atoms. The van der Waals surface area contributed by atoms with Crippen LogP contribution in [0, 0.1) is 0 Å². The van der Waals surface area contributed by atoms with Gasteiger partial charge in [-0.1, -0.05) is 23.7 Å². The van der Waals surface area contributed by atoms with Crippen LogP contribution in [0.25, 0.3) is 11.0 Å². The first-order valence-electron chi connectivity index (χ1n) is 7.86. The zero-order valence-electron chi connectivity index (χ0n) is 14.2. The third kappa shape index (κ3) is 3.48. The quantitative estimate of drug-likeness (QED) is 0.687. The van der Waals surface area contributed by atoms with Gasteiger partial charge in [-0.15, -0.1) is 0 Å². The van der Waals surface area contributed by atoms with Gasteiger partial charge in [0.2, 0.25) is 0 Å². The maximum atomic E-state index is 12.1. The molecule has 1 heterocycles. The molecule has 2 aromatic carbocycles. The van der Waals surface area contributed by atoms with Crippen LogP contribution in [-0.4, -0.2) is 20.9 Å². The molecule has 0 aliphatic rings. The average Bonchev–Trinajstić information content (AvgIpc) is 2.84. The van der Waals surface area contributed by atoms with Crippen LogP contribution in [0.4, 0.5) is 5.69 Å². The Morgan fingerprint density at radius 1 is 1.00 bits per heavy atom. The minimum Gasteiger partial charge on any atom is -0.344 e. The van der Waals surface area contributed by atoms with E-state index in [1.54, 1.807) is 56.6 Å². The molecule has 2 N–H and O–H groups in total. The van der Waals surface area contributed by atoms with E-state index in [9.17, 15) is 14.4 Å². The molecule has 0 spiro atoms. The minimum atomic E-state index is -0.785. The lowest BCUT2D eigenvalue weighted by atomic mass is 10.2. The number of hydrogen-bond acceptors (Lipinski definition) is 3. The van der Waals surface area contributed by atoms with Crippen molar-refractivity contribution < 1.29 is 9.59 Å². The fraction of sp³-hybridized carbons (Fsp3) is 0.167. The Morgan fingerprint density at radius 3 is 2.46 bits per heavy atom. The summed E-state index contributed by atoms with van der Waals surface area (Å²) in [4.78, 5) is 36.0. The molecule has 0 radical (unpaired) electrons. The van der Waals surface area contributed by atoms with Crippen molar-refractivity contribution in [2.75, 3.05) is 5.32 Å². The summed E-state index contributed by atoms with van der Waals surface area (Å²) >= 11 is 5.89. The molecule has 2 amide bonds.